The Labute approximate surface area is 173 Å². The van der Waals surface area contributed by atoms with Crippen LogP contribution in [0, 0.1) is 5.92 Å². The van der Waals surface area contributed by atoms with E-state index in [-0.39, 0.29) is 0 Å². The molecule has 0 aromatic carbocycles. The van der Waals surface area contributed by atoms with Gasteiger partial charge in [0.05, 0.1) is 0 Å². The van der Waals surface area contributed by atoms with Gasteiger partial charge in [-0.15, -0.1) is 0 Å². The molecular weight excluding hydrogens is 346 g/mol. The molecule has 3 fully saturated rings. The molecule has 0 spiro atoms. The van der Waals surface area contributed by atoms with Crippen molar-refractivity contribution in [2.45, 2.75) is 90.1 Å². The van der Waals surface area contributed by atoms with Crippen molar-refractivity contribution in [1.29, 1.82) is 0 Å². The molecule has 1 saturated carbocycles. The number of nitrogens with one attached hydrogen (secondary N) is 2. The second-order valence-electron chi connectivity index (χ2n) is 9.17. The van der Waals surface area contributed by atoms with Gasteiger partial charge in [-0.05, 0) is 77.4 Å². The van der Waals surface area contributed by atoms with Crippen molar-refractivity contribution in [3.8, 4) is 0 Å². The molecule has 0 unspecified atom stereocenters. The number of piperidine rings is 2. The SMILES string of the molecule is CCNC(=NCCC1CCN(CC)CC1)NC1CCN(C2CCCCC2)CC1. The molecule has 2 aliphatic heterocycles. The van der Waals surface area contributed by atoms with E-state index in [1.54, 1.807) is 0 Å². The van der Waals surface area contributed by atoms with Crippen LogP contribution in [0.5, 0.6) is 0 Å². The lowest BCUT2D eigenvalue weighted by atomic mass is 9.92. The molecule has 3 rings (SSSR count). The summed E-state index contributed by atoms with van der Waals surface area (Å²) in [5.74, 6) is 1.91. The van der Waals surface area contributed by atoms with Crippen LogP contribution >= 0.6 is 0 Å². The van der Waals surface area contributed by atoms with Crippen LogP contribution < -0.4 is 10.6 Å². The van der Waals surface area contributed by atoms with Gasteiger partial charge in [0.25, 0.3) is 0 Å². The minimum absolute atomic E-state index is 0.588. The third kappa shape index (κ3) is 6.91. The largest absolute Gasteiger partial charge is 0.357 e. The van der Waals surface area contributed by atoms with Gasteiger partial charge in [0.2, 0.25) is 0 Å². The summed E-state index contributed by atoms with van der Waals surface area (Å²) in [5.41, 5.74) is 0. The van der Waals surface area contributed by atoms with Crippen LogP contribution in [0.2, 0.25) is 0 Å². The number of aliphatic imine (C=N–C) groups is 1. The van der Waals surface area contributed by atoms with Crippen molar-refractivity contribution in [1.82, 2.24) is 20.4 Å². The Kier molecular flexibility index (Phi) is 9.39. The first kappa shape index (κ1) is 21.9. The number of guanidine groups is 1. The van der Waals surface area contributed by atoms with E-state index in [2.05, 4.69) is 34.3 Å². The fourth-order valence-corrected chi connectivity index (χ4v) is 5.32. The second kappa shape index (κ2) is 12.0. The topological polar surface area (TPSA) is 42.9 Å². The van der Waals surface area contributed by atoms with Crippen LogP contribution in [-0.4, -0.2) is 73.7 Å². The number of rotatable bonds is 7. The van der Waals surface area contributed by atoms with Gasteiger partial charge in [-0.1, -0.05) is 26.2 Å². The molecule has 2 heterocycles. The molecule has 0 aromatic rings. The molecule has 162 valence electrons. The highest BCUT2D eigenvalue weighted by molar-refractivity contribution is 5.80. The molecule has 2 N–H and O–H groups in total. The zero-order valence-electron chi connectivity index (χ0n) is 18.6. The molecule has 0 aromatic heterocycles. The maximum absolute atomic E-state index is 4.92. The quantitative estimate of drug-likeness (QED) is 0.515. The van der Waals surface area contributed by atoms with E-state index in [0.29, 0.717) is 6.04 Å². The normalized spacial score (nSPS) is 25.1. The minimum atomic E-state index is 0.588. The predicted molar refractivity (Wildman–Crippen MR) is 120 cm³/mol. The first-order valence-electron chi connectivity index (χ1n) is 12.3. The summed E-state index contributed by atoms with van der Waals surface area (Å²) in [7, 11) is 0. The van der Waals surface area contributed by atoms with Crippen LogP contribution in [0.15, 0.2) is 4.99 Å². The summed E-state index contributed by atoms with van der Waals surface area (Å²) in [6.45, 7) is 12.6. The standard InChI is InChI=1S/C23H45N5/c1-3-24-23(25-15-10-20-11-16-27(4-2)17-12-20)26-21-13-18-28(19-14-21)22-8-6-5-7-9-22/h20-22H,3-19H2,1-2H3,(H2,24,25,26). The molecule has 28 heavy (non-hydrogen) atoms. The molecule has 0 atom stereocenters. The van der Waals surface area contributed by atoms with Gasteiger partial charge in [0.1, 0.15) is 0 Å². The lowest BCUT2D eigenvalue weighted by Crippen LogP contribution is -2.51. The van der Waals surface area contributed by atoms with Crippen molar-refractivity contribution in [3.63, 3.8) is 0 Å². The predicted octanol–water partition coefficient (Wildman–Crippen LogP) is 3.46. The van der Waals surface area contributed by atoms with E-state index >= 15 is 0 Å². The Bertz CT molecular complexity index is 444. The van der Waals surface area contributed by atoms with Gasteiger partial charge in [-0.25, -0.2) is 0 Å². The lowest BCUT2D eigenvalue weighted by molar-refractivity contribution is 0.119. The van der Waals surface area contributed by atoms with Crippen LogP contribution in [0.25, 0.3) is 0 Å². The first-order chi connectivity index (χ1) is 13.8. The molecule has 0 amide bonds. The monoisotopic (exact) mass is 391 g/mol. The zero-order chi connectivity index (χ0) is 19.6. The Hall–Kier alpha value is -0.810. The van der Waals surface area contributed by atoms with E-state index in [4.69, 9.17) is 4.99 Å². The van der Waals surface area contributed by atoms with E-state index < -0.39 is 0 Å². The molecule has 0 radical (unpaired) electrons. The van der Waals surface area contributed by atoms with Gasteiger partial charge >= 0.3 is 0 Å². The van der Waals surface area contributed by atoms with Gasteiger partial charge < -0.3 is 20.4 Å². The average Bonchev–Trinajstić information content (AvgIpc) is 2.75. The summed E-state index contributed by atoms with van der Waals surface area (Å²) < 4.78 is 0. The molecule has 0 bridgehead atoms. The van der Waals surface area contributed by atoms with Crippen LogP contribution in [0.4, 0.5) is 0 Å². The number of nitrogens with zero attached hydrogens (tertiary/aromatic N) is 3. The Morgan fingerprint density at radius 2 is 1.61 bits per heavy atom. The molecule has 3 aliphatic rings. The van der Waals surface area contributed by atoms with Crippen LogP contribution in [0.3, 0.4) is 0 Å². The maximum atomic E-state index is 4.92. The summed E-state index contributed by atoms with van der Waals surface area (Å²) in [6.07, 6.45) is 13.7. The summed E-state index contributed by atoms with van der Waals surface area (Å²) in [4.78, 5) is 10.3. The summed E-state index contributed by atoms with van der Waals surface area (Å²) in [6, 6.07) is 1.46. The van der Waals surface area contributed by atoms with Crippen molar-refractivity contribution >= 4 is 5.96 Å². The molecule has 2 saturated heterocycles. The van der Waals surface area contributed by atoms with E-state index in [0.717, 1.165) is 31.0 Å². The highest BCUT2D eigenvalue weighted by Crippen LogP contribution is 2.25. The smallest absolute Gasteiger partial charge is 0.191 e. The first-order valence-corrected chi connectivity index (χ1v) is 12.3. The number of likely N-dealkylation sites (tertiary alicyclic amines) is 2. The van der Waals surface area contributed by atoms with E-state index in [9.17, 15) is 0 Å². The highest BCUT2D eigenvalue weighted by atomic mass is 15.2. The highest BCUT2D eigenvalue weighted by Gasteiger charge is 2.26. The Morgan fingerprint density at radius 3 is 2.25 bits per heavy atom. The van der Waals surface area contributed by atoms with Crippen molar-refractivity contribution in [2.75, 3.05) is 45.8 Å². The fourth-order valence-electron chi connectivity index (χ4n) is 5.32. The maximum Gasteiger partial charge on any atom is 0.191 e. The molecule has 5 heteroatoms. The molecular formula is C23H45N5. The average molecular weight is 392 g/mol. The van der Waals surface area contributed by atoms with Gasteiger partial charge in [0.15, 0.2) is 5.96 Å². The number of hydrogen-bond donors (Lipinski definition) is 2. The van der Waals surface area contributed by atoms with E-state index in [1.165, 1.54) is 96.9 Å². The van der Waals surface area contributed by atoms with E-state index in [1.807, 2.05) is 0 Å². The third-order valence-corrected chi connectivity index (χ3v) is 7.27. The van der Waals surface area contributed by atoms with Crippen LogP contribution in [0.1, 0.15) is 78.1 Å². The Morgan fingerprint density at radius 1 is 0.893 bits per heavy atom. The lowest BCUT2D eigenvalue weighted by Gasteiger charge is -2.39. The van der Waals surface area contributed by atoms with Gasteiger partial charge in [-0.3, -0.25) is 4.99 Å². The zero-order valence-corrected chi connectivity index (χ0v) is 18.6. The van der Waals surface area contributed by atoms with Gasteiger partial charge in [0, 0.05) is 38.3 Å². The minimum Gasteiger partial charge on any atom is -0.357 e. The fraction of sp³-hybridized carbons (Fsp3) is 0.957. The van der Waals surface area contributed by atoms with Gasteiger partial charge in [-0.2, -0.15) is 0 Å². The van der Waals surface area contributed by atoms with Crippen molar-refractivity contribution < 1.29 is 0 Å². The third-order valence-electron chi connectivity index (χ3n) is 7.27. The van der Waals surface area contributed by atoms with Crippen molar-refractivity contribution in [2.24, 2.45) is 10.9 Å². The molecule has 1 aliphatic carbocycles. The number of hydrogen-bond acceptors (Lipinski definition) is 3. The summed E-state index contributed by atoms with van der Waals surface area (Å²) >= 11 is 0. The Balaban J connectivity index is 1.37. The van der Waals surface area contributed by atoms with Crippen LogP contribution in [-0.2, 0) is 0 Å². The van der Waals surface area contributed by atoms with Crippen molar-refractivity contribution in [3.05, 3.63) is 0 Å². The molecule has 5 nitrogen and oxygen atoms in total. The summed E-state index contributed by atoms with van der Waals surface area (Å²) in [5, 5.41) is 7.21. The second-order valence-corrected chi connectivity index (χ2v) is 9.17.